The van der Waals surface area contributed by atoms with Crippen LogP contribution in [0.1, 0.15) is 12.5 Å². The fraction of sp³-hybridized carbons (Fsp3) is 0.625. The van der Waals surface area contributed by atoms with Crippen LogP contribution in [0.5, 0.6) is 11.5 Å². The van der Waals surface area contributed by atoms with Gasteiger partial charge in [0, 0.05) is 26.2 Å². The fourth-order valence-corrected chi connectivity index (χ4v) is 2.36. The van der Waals surface area contributed by atoms with Crippen molar-refractivity contribution >= 4 is 0 Å². The van der Waals surface area contributed by atoms with E-state index in [1.807, 2.05) is 26.1 Å². The van der Waals surface area contributed by atoms with E-state index in [2.05, 4.69) is 16.3 Å². The number of hydrogen-bond donors (Lipinski definition) is 1. The molecule has 0 saturated carbocycles. The molecule has 0 amide bonds. The van der Waals surface area contributed by atoms with Crippen LogP contribution in [0.2, 0.25) is 0 Å². The van der Waals surface area contributed by atoms with Crippen molar-refractivity contribution in [3.8, 4) is 11.5 Å². The Balaban J connectivity index is 1.88. The minimum absolute atomic E-state index is 0.642. The normalized spacial score (nSPS) is 15.9. The number of hydrogen-bond acceptors (Lipinski definition) is 5. The zero-order valence-electron chi connectivity index (χ0n) is 13.1. The minimum atomic E-state index is 0.642. The van der Waals surface area contributed by atoms with Gasteiger partial charge in [-0.3, -0.25) is 4.90 Å². The number of nitrogens with one attached hydrogen (secondary N) is 1. The Labute approximate surface area is 127 Å². The molecule has 0 radical (unpaired) electrons. The maximum Gasteiger partial charge on any atom is 0.161 e. The predicted molar refractivity (Wildman–Crippen MR) is 83.1 cm³/mol. The summed E-state index contributed by atoms with van der Waals surface area (Å²) in [5.74, 6) is 1.65. The van der Waals surface area contributed by atoms with E-state index >= 15 is 0 Å². The van der Waals surface area contributed by atoms with Crippen LogP contribution in [0, 0.1) is 0 Å². The number of rotatable bonds is 8. The summed E-state index contributed by atoms with van der Waals surface area (Å²) in [7, 11) is 1.94. The van der Waals surface area contributed by atoms with Gasteiger partial charge in [-0.05, 0) is 31.7 Å². The zero-order valence-corrected chi connectivity index (χ0v) is 13.1. The lowest BCUT2D eigenvalue weighted by atomic mass is 10.2. The van der Waals surface area contributed by atoms with Crippen molar-refractivity contribution in [3.63, 3.8) is 0 Å². The third-order valence-electron chi connectivity index (χ3n) is 3.46. The summed E-state index contributed by atoms with van der Waals surface area (Å²) in [6.45, 7) is 8.68. The standard InChI is InChI=1S/C16H26N2O3/c1-3-20-16-12-14(13-17-2)4-5-15(16)21-11-8-18-6-9-19-10-7-18/h4-5,12,17H,3,6-11,13H2,1-2H3. The second-order valence-electron chi connectivity index (χ2n) is 5.05. The summed E-state index contributed by atoms with van der Waals surface area (Å²) in [6.07, 6.45) is 0. The quantitative estimate of drug-likeness (QED) is 0.787. The van der Waals surface area contributed by atoms with Crippen LogP contribution in [-0.2, 0) is 11.3 Å². The molecular weight excluding hydrogens is 268 g/mol. The Morgan fingerprint density at radius 3 is 2.71 bits per heavy atom. The lowest BCUT2D eigenvalue weighted by molar-refractivity contribution is 0.0321. The van der Waals surface area contributed by atoms with Crippen molar-refractivity contribution in [2.24, 2.45) is 0 Å². The van der Waals surface area contributed by atoms with Crippen LogP contribution in [0.3, 0.4) is 0 Å². The molecule has 0 atom stereocenters. The van der Waals surface area contributed by atoms with E-state index < -0.39 is 0 Å². The molecule has 118 valence electrons. The molecule has 1 saturated heterocycles. The van der Waals surface area contributed by atoms with E-state index in [1.54, 1.807) is 0 Å². The molecule has 5 nitrogen and oxygen atoms in total. The maximum atomic E-state index is 5.90. The first-order valence-corrected chi connectivity index (χ1v) is 7.66. The van der Waals surface area contributed by atoms with Gasteiger partial charge in [-0.1, -0.05) is 6.07 Å². The highest BCUT2D eigenvalue weighted by atomic mass is 16.5. The summed E-state index contributed by atoms with van der Waals surface area (Å²) >= 11 is 0. The first kappa shape index (κ1) is 16.1. The molecule has 1 fully saturated rings. The molecule has 1 aromatic carbocycles. The van der Waals surface area contributed by atoms with Crippen LogP contribution >= 0.6 is 0 Å². The average Bonchev–Trinajstić information content (AvgIpc) is 2.51. The zero-order chi connectivity index (χ0) is 14.9. The molecule has 0 unspecified atom stereocenters. The first-order valence-electron chi connectivity index (χ1n) is 7.66. The summed E-state index contributed by atoms with van der Waals surface area (Å²) < 4.78 is 16.9. The van der Waals surface area contributed by atoms with E-state index in [0.29, 0.717) is 13.2 Å². The summed E-state index contributed by atoms with van der Waals surface area (Å²) in [5.41, 5.74) is 1.20. The van der Waals surface area contributed by atoms with Crippen LogP contribution < -0.4 is 14.8 Å². The van der Waals surface area contributed by atoms with Crippen molar-refractivity contribution in [2.45, 2.75) is 13.5 Å². The van der Waals surface area contributed by atoms with Gasteiger partial charge in [0.1, 0.15) is 6.61 Å². The highest BCUT2D eigenvalue weighted by Gasteiger charge is 2.11. The van der Waals surface area contributed by atoms with E-state index in [9.17, 15) is 0 Å². The van der Waals surface area contributed by atoms with Gasteiger partial charge in [0.25, 0.3) is 0 Å². The van der Waals surface area contributed by atoms with E-state index in [0.717, 1.165) is 50.9 Å². The van der Waals surface area contributed by atoms with Crippen molar-refractivity contribution in [2.75, 3.05) is 53.1 Å². The number of ether oxygens (including phenoxy) is 3. The van der Waals surface area contributed by atoms with Gasteiger partial charge in [-0.2, -0.15) is 0 Å². The van der Waals surface area contributed by atoms with Gasteiger partial charge in [-0.25, -0.2) is 0 Å². The van der Waals surface area contributed by atoms with E-state index in [-0.39, 0.29) is 0 Å². The van der Waals surface area contributed by atoms with Gasteiger partial charge >= 0.3 is 0 Å². The Hall–Kier alpha value is -1.30. The maximum absolute atomic E-state index is 5.90. The van der Waals surface area contributed by atoms with Crippen molar-refractivity contribution in [1.82, 2.24) is 10.2 Å². The molecule has 1 N–H and O–H groups in total. The molecule has 0 aliphatic carbocycles. The SMILES string of the molecule is CCOc1cc(CNC)ccc1OCCN1CCOCC1. The predicted octanol–water partition coefficient (Wildman–Crippen LogP) is 1.52. The van der Waals surface area contributed by atoms with Crippen LogP contribution in [0.4, 0.5) is 0 Å². The van der Waals surface area contributed by atoms with Gasteiger partial charge in [0.2, 0.25) is 0 Å². The molecule has 1 heterocycles. The van der Waals surface area contributed by atoms with Crippen molar-refractivity contribution in [3.05, 3.63) is 23.8 Å². The Morgan fingerprint density at radius 1 is 1.19 bits per heavy atom. The molecule has 21 heavy (non-hydrogen) atoms. The summed E-state index contributed by atoms with van der Waals surface area (Å²) in [6, 6.07) is 6.12. The van der Waals surface area contributed by atoms with Crippen molar-refractivity contribution in [1.29, 1.82) is 0 Å². The van der Waals surface area contributed by atoms with E-state index in [4.69, 9.17) is 14.2 Å². The average molecular weight is 294 g/mol. The molecule has 1 aromatic rings. The Morgan fingerprint density at radius 2 is 2.00 bits per heavy atom. The second-order valence-corrected chi connectivity index (χ2v) is 5.05. The molecule has 1 aliphatic heterocycles. The third-order valence-corrected chi connectivity index (χ3v) is 3.46. The van der Waals surface area contributed by atoms with Gasteiger partial charge in [0.05, 0.1) is 19.8 Å². The molecule has 2 rings (SSSR count). The van der Waals surface area contributed by atoms with Crippen LogP contribution in [-0.4, -0.2) is 58.0 Å². The monoisotopic (exact) mass is 294 g/mol. The lowest BCUT2D eigenvalue weighted by Crippen LogP contribution is -2.38. The smallest absolute Gasteiger partial charge is 0.161 e. The number of benzene rings is 1. The molecule has 0 bridgehead atoms. The van der Waals surface area contributed by atoms with Gasteiger partial charge in [0.15, 0.2) is 11.5 Å². The summed E-state index contributed by atoms with van der Waals surface area (Å²) in [4.78, 5) is 2.36. The number of morpholine rings is 1. The molecule has 0 spiro atoms. The first-order chi connectivity index (χ1) is 10.3. The second kappa shape index (κ2) is 8.87. The van der Waals surface area contributed by atoms with E-state index in [1.165, 1.54) is 5.56 Å². The molecule has 5 heteroatoms. The van der Waals surface area contributed by atoms with Crippen LogP contribution in [0.15, 0.2) is 18.2 Å². The fourth-order valence-electron chi connectivity index (χ4n) is 2.36. The van der Waals surface area contributed by atoms with Crippen molar-refractivity contribution < 1.29 is 14.2 Å². The highest BCUT2D eigenvalue weighted by molar-refractivity contribution is 5.43. The van der Waals surface area contributed by atoms with Crippen LogP contribution in [0.25, 0.3) is 0 Å². The summed E-state index contributed by atoms with van der Waals surface area (Å²) in [5, 5.41) is 3.14. The minimum Gasteiger partial charge on any atom is -0.490 e. The molecule has 1 aliphatic rings. The molecule has 0 aromatic heterocycles. The topological polar surface area (TPSA) is 43.0 Å². The van der Waals surface area contributed by atoms with Gasteiger partial charge < -0.3 is 19.5 Å². The third kappa shape index (κ3) is 5.19. The largest absolute Gasteiger partial charge is 0.490 e. The lowest BCUT2D eigenvalue weighted by Gasteiger charge is -2.26. The Bertz CT molecular complexity index is 420. The molecular formula is C16H26N2O3. The Kier molecular flexibility index (Phi) is 6.79. The highest BCUT2D eigenvalue weighted by Crippen LogP contribution is 2.28. The number of nitrogens with zero attached hydrogens (tertiary/aromatic N) is 1. The van der Waals surface area contributed by atoms with Gasteiger partial charge in [-0.15, -0.1) is 0 Å².